The Morgan fingerprint density at radius 1 is 0.786 bits per heavy atom. The summed E-state index contributed by atoms with van der Waals surface area (Å²) in [5, 5.41) is 7.93. The van der Waals surface area contributed by atoms with E-state index in [1.54, 1.807) is 0 Å². The topological polar surface area (TPSA) is 23.9 Å². The number of hydrogen-bond donors (Lipinski definition) is 1. The van der Waals surface area contributed by atoms with E-state index in [-0.39, 0.29) is 31.5 Å². The summed E-state index contributed by atoms with van der Waals surface area (Å²) >= 11 is 29.2. The highest BCUT2D eigenvalue weighted by Gasteiger charge is 2.18. The van der Waals surface area contributed by atoms with Gasteiger partial charge in [-0.25, -0.2) is 0 Å². The van der Waals surface area contributed by atoms with E-state index in [0.29, 0.717) is 5.56 Å². The van der Waals surface area contributed by atoms with Crippen LogP contribution in [0.25, 0.3) is 0 Å². The van der Waals surface area contributed by atoms with Crippen molar-refractivity contribution >= 4 is 64.2 Å². The molecule has 6 heteroatoms. The second-order valence-corrected chi connectivity index (χ2v) is 4.35. The van der Waals surface area contributed by atoms with E-state index < -0.39 is 0 Å². The summed E-state index contributed by atoms with van der Waals surface area (Å²) in [6, 6.07) is 0. The van der Waals surface area contributed by atoms with Gasteiger partial charge in [0.1, 0.15) is 0 Å². The minimum Gasteiger partial charge on any atom is -0.313 e. The highest BCUT2D eigenvalue weighted by Crippen LogP contribution is 2.43. The third kappa shape index (κ3) is 2.12. The SMILES string of the molecule is N=CCc1c(Cl)c(Cl)c(Cl)c(Cl)c1Cl. The highest BCUT2D eigenvalue weighted by atomic mass is 35.5. The predicted octanol–water partition coefficient (Wildman–Crippen LogP) is 5.15. The van der Waals surface area contributed by atoms with Gasteiger partial charge in [-0.3, -0.25) is 0 Å². The molecule has 0 atom stereocenters. The maximum Gasteiger partial charge on any atom is 0.0809 e. The van der Waals surface area contributed by atoms with Crippen molar-refractivity contribution in [2.24, 2.45) is 0 Å². The molecular weight excluding hydrogens is 287 g/mol. The van der Waals surface area contributed by atoms with Crippen LogP contribution in [0.3, 0.4) is 0 Å². The third-order valence-corrected chi connectivity index (χ3v) is 3.96. The molecule has 0 aliphatic heterocycles. The summed E-state index contributed by atoms with van der Waals surface area (Å²) in [5.41, 5.74) is 0.516. The number of hydrogen-bond acceptors (Lipinski definition) is 1. The summed E-state index contributed by atoms with van der Waals surface area (Å²) in [5.74, 6) is 0. The average molecular weight is 291 g/mol. The monoisotopic (exact) mass is 289 g/mol. The van der Waals surface area contributed by atoms with Crippen LogP contribution in [-0.4, -0.2) is 6.21 Å². The van der Waals surface area contributed by atoms with Gasteiger partial charge in [-0.05, 0) is 11.8 Å². The first-order valence-electron chi connectivity index (χ1n) is 3.50. The molecule has 0 radical (unpaired) electrons. The van der Waals surface area contributed by atoms with Gasteiger partial charge in [-0.15, -0.1) is 0 Å². The molecule has 0 aromatic heterocycles. The number of rotatable bonds is 2. The summed E-state index contributed by atoms with van der Waals surface area (Å²) in [4.78, 5) is 0. The molecule has 0 heterocycles. The Morgan fingerprint density at radius 2 is 1.14 bits per heavy atom. The van der Waals surface area contributed by atoms with Crippen molar-refractivity contribution in [1.82, 2.24) is 0 Å². The predicted molar refractivity (Wildman–Crippen MR) is 64.0 cm³/mol. The zero-order valence-electron chi connectivity index (χ0n) is 6.67. The van der Waals surface area contributed by atoms with Crippen molar-refractivity contribution in [3.63, 3.8) is 0 Å². The first-order valence-corrected chi connectivity index (χ1v) is 5.39. The lowest BCUT2D eigenvalue weighted by atomic mass is 10.1. The van der Waals surface area contributed by atoms with Gasteiger partial charge in [0.05, 0.1) is 25.1 Å². The Labute approximate surface area is 106 Å². The molecule has 0 aliphatic carbocycles. The molecule has 0 amide bonds. The van der Waals surface area contributed by atoms with Crippen LogP contribution in [0.15, 0.2) is 0 Å². The smallest absolute Gasteiger partial charge is 0.0809 e. The molecule has 1 nitrogen and oxygen atoms in total. The first-order chi connectivity index (χ1) is 6.50. The van der Waals surface area contributed by atoms with Crippen molar-refractivity contribution in [3.05, 3.63) is 30.7 Å². The van der Waals surface area contributed by atoms with Crippen molar-refractivity contribution in [1.29, 1.82) is 5.41 Å². The van der Waals surface area contributed by atoms with E-state index in [1.165, 1.54) is 0 Å². The van der Waals surface area contributed by atoms with Crippen LogP contribution < -0.4 is 0 Å². The molecule has 0 fully saturated rings. The number of benzene rings is 1. The fourth-order valence-electron chi connectivity index (χ4n) is 0.932. The molecule has 0 saturated carbocycles. The molecule has 0 unspecified atom stereocenters. The fourth-order valence-corrected chi connectivity index (χ4v) is 2.26. The van der Waals surface area contributed by atoms with Crippen molar-refractivity contribution in [2.45, 2.75) is 6.42 Å². The maximum atomic E-state index is 6.97. The zero-order chi connectivity index (χ0) is 10.9. The van der Waals surface area contributed by atoms with Crippen molar-refractivity contribution in [3.8, 4) is 0 Å². The lowest BCUT2D eigenvalue weighted by molar-refractivity contribution is 1.33. The van der Waals surface area contributed by atoms with Crippen LogP contribution in [0.5, 0.6) is 0 Å². The van der Waals surface area contributed by atoms with E-state index >= 15 is 0 Å². The molecule has 1 aromatic rings. The standard InChI is InChI=1S/C8H4Cl5N/c9-4-3(1-2-14)5(10)7(12)8(13)6(4)11/h2,14H,1H2. The van der Waals surface area contributed by atoms with E-state index in [2.05, 4.69) is 0 Å². The van der Waals surface area contributed by atoms with Gasteiger partial charge in [0.2, 0.25) is 0 Å². The largest absolute Gasteiger partial charge is 0.313 e. The summed E-state index contributed by atoms with van der Waals surface area (Å²) in [6.45, 7) is 0. The van der Waals surface area contributed by atoms with Crippen molar-refractivity contribution in [2.75, 3.05) is 0 Å². The molecule has 0 aliphatic rings. The van der Waals surface area contributed by atoms with Crippen LogP contribution in [-0.2, 0) is 6.42 Å². The summed E-state index contributed by atoms with van der Waals surface area (Å²) in [7, 11) is 0. The molecule has 1 rings (SSSR count). The molecule has 0 bridgehead atoms. The van der Waals surface area contributed by atoms with Gasteiger partial charge in [-0.2, -0.15) is 0 Å². The van der Waals surface area contributed by atoms with Crippen LogP contribution in [0, 0.1) is 5.41 Å². The van der Waals surface area contributed by atoms with Crippen LogP contribution in [0.1, 0.15) is 5.56 Å². The lowest BCUT2D eigenvalue weighted by Gasteiger charge is -2.10. The van der Waals surface area contributed by atoms with Gasteiger partial charge in [0.25, 0.3) is 0 Å². The summed E-state index contributed by atoms with van der Waals surface area (Å²) < 4.78 is 0. The number of halogens is 5. The third-order valence-electron chi connectivity index (χ3n) is 1.61. The van der Waals surface area contributed by atoms with Crippen molar-refractivity contribution < 1.29 is 0 Å². The zero-order valence-corrected chi connectivity index (χ0v) is 10.5. The fraction of sp³-hybridized carbons (Fsp3) is 0.125. The van der Waals surface area contributed by atoms with Gasteiger partial charge >= 0.3 is 0 Å². The minimum atomic E-state index is 0.136. The highest BCUT2D eigenvalue weighted by molar-refractivity contribution is 6.55. The van der Waals surface area contributed by atoms with Gasteiger partial charge in [-0.1, -0.05) is 58.0 Å². The maximum absolute atomic E-state index is 6.97. The molecule has 1 N–H and O–H groups in total. The molecular formula is C8H4Cl5N. The van der Waals surface area contributed by atoms with Crippen LogP contribution in [0.4, 0.5) is 0 Å². The Bertz CT molecular complexity index is 359. The van der Waals surface area contributed by atoms with Gasteiger partial charge in [0.15, 0.2) is 0 Å². The number of nitrogens with one attached hydrogen (secondary N) is 1. The molecule has 76 valence electrons. The second-order valence-electron chi connectivity index (χ2n) is 2.46. The van der Waals surface area contributed by atoms with E-state index in [1.807, 2.05) is 0 Å². The van der Waals surface area contributed by atoms with E-state index in [4.69, 9.17) is 63.4 Å². The van der Waals surface area contributed by atoms with Gasteiger partial charge < -0.3 is 5.41 Å². The van der Waals surface area contributed by atoms with E-state index in [0.717, 1.165) is 6.21 Å². The van der Waals surface area contributed by atoms with E-state index in [9.17, 15) is 0 Å². The molecule has 14 heavy (non-hydrogen) atoms. The minimum absolute atomic E-state index is 0.136. The molecule has 0 saturated heterocycles. The molecule has 0 spiro atoms. The normalized spacial score (nSPS) is 10.4. The lowest BCUT2D eigenvalue weighted by Crippen LogP contribution is -1.92. The Hall–Kier alpha value is 0.340. The van der Waals surface area contributed by atoms with Gasteiger partial charge in [0, 0.05) is 6.42 Å². The second kappa shape index (κ2) is 4.91. The molecule has 1 aromatic carbocycles. The van der Waals surface area contributed by atoms with Crippen LogP contribution >= 0.6 is 58.0 Å². The summed E-state index contributed by atoms with van der Waals surface area (Å²) in [6.07, 6.45) is 1.43. The Balaban J connectivity index is 3.50. The average Bonchev–Trinajstić information content (AvgIpc) is 2.19. The Kier molecular flexibility index (Phi) is 4.35. The quantitative estimate of drug-likeness (QED) is 0.443. The van der Waals surface area contributed by atoms with Crippen LogP contribution in [0.2, 0.25) is 25.1 Å². The Morgan fingerprint density at radius 3 is 1.50 bits per heavy atom. The first kappa shape index (κ1) is 12.4.